The van der Waals surface area contributed by atoms with Crippen molar-refractivity contribution < 1.29 is 4.79 Å². The van der Waals surface area contributed by atoms with Crippen LogP contribution in [0, 0.1) is 12.8 Å². The molecule has 1 fully saturated rings. The highest BCUT2D eigenvalue weighted by atomic mass is 16.1. The van der Waals surface area contributed by atoms with Gasteiger partial charge in [0.2, 0.25) is 5.91 Å². The second kappa shape index (κ2) is 5.77. The van der Waals surface area contributed by atoms with Crippen LogP contribution in [0.4, 0.5) is 0 Å². The SMILES string of the molecule is Cc1ccncc1CNC(=O)[C@H]1CCCNC1. The van der Waals surface area contributed by atoms with Crippen LogP contribution in [0.1, 0.15) is 24.0 Å². The second-order valence-electron chi connectivity index (χ2n) is 4.56. The van der Waals surface area contributed by atoms with Crippen LogP contribution in [0.5, 0.6) is 0 Å². The van der Waals surface area contributed by atoms with Gasteiger partial charge in [-0.15, -0.1) is 0 Å². The summed E-state index contributed by atoms with van der Waals surface area (Å²) in [6, 6.07) is 1.96. The maximum atomic E-state index is 11.9. The molecule has 4 nitrogen and oxygen atoms in total. The summed E-state index contributed by atoms with van der Waals surface area (Å²) in [6.45, 7) is 4.45. The number of carbonyl (C=O) groups is 1. The summed E-state index contributed by atoms with van der Waals surface area (Å²) in [4.78, 5) is 16.0. The molecule has 0 saturated carbocycles. The van der Waals surface area contributed by atoms with E-state index in [4.69, 9.17) is 0 Å². The maximum absolute atomic E-state index is 11.9. The predicted molar refractivity (Wildman–Crippen MR) is 66.4 cm³/mol. The standard InChI is InChI=1S/C13H19N3O/c1-10-4-6-15-8-12(10)9-16-13(17)11-3-2-5-14-7-11/h4,6,8,11,14H,2-3,5,7,9H2,1H3,(H,16,17)/t11-/m0/s1. The van der Waals surface area contributed by atoms with Gasteiger partial charge in [0.05, 0.1) is 5.92 Å². The first-order valence-corrected chi connectivity index (χ1v) is 6.15. The van der Waals surface area contributed by atoms with Crippen LogP contribution in [-0.4, -0.2) is 24.0 Å². The molecule has 0 aromatic carbocycles. The minimum Gasteiger partial charge on any atom is -0.352 e. The number of aryl methyl sites for hydroxylation is 1. The summed E-state index contributed by atoms with van der Waals surface area (Å²) < 4.78 is 0. The molecule has 2 heterocycles. The zero-order valence-electron chi connectivity index (χ0n) is 10.2. The van der Waals surface area contributed by atoms with E-state index in [0.717, 1.165) is 31.5 Å². The molecule has 0 aliphatic carbocycles. The molecule has 1 aliphatic rings. The molecule has 2 rings (SSSR count). The van der Waals surface area contributed by atoms with Crippen molar-refractivity contribution in [2.24, 2.45) is 5.92 Å². The number of hydrogen-bond donors (Lipinski definition) is 2. The number of piperidine rings is 1. The summed E-state index contributed by atoms with van der Waals surface area (Å²) >= 11 is 0. The first-order valence-electron chi connectivity index (χ1n) is 6.15. The Balaban J connectivity index is 1.85. The summed E-state index contributed by atoms with van der Waals surface area (Å²) in [6.07, 6.45) is 5.66. The number of nitrogens with one attached hydrogen (secondary N) is 2. The lowest BCUT2D eigenvalue weighted by Gasteiger charge is -2.22. The average molecular weight is 233 g/mol. The molecule has 0 unspecified atom stereocenters. The van der Waals surface area contributed by atoms with Gasteiger partial charge in [0.25, 0.3) is 0 Å². The van der Waals surface area contributed by atoms with E-state index >= 15 is 0 Å². The number of amides is 1. The summed E-state index contributed by atoms with van der Waals surface area (Å²) in [7, 11) is 0. The Morgan fingerprint density at radius 3 is 3.24 bits per heavy atom. The van der Waals surface area contributed by atoms with E-state index in [1.165, 1.54) is 5.56 Å². The average Bonchev–Trinajstić information content (AvgIpc) is 2.38. The van der Waals surface area contributed by atoms with Gasteiger partial charge in [-0.3, -0.25) is 9.78 Å². The third kappa shape index (κ3) is 3.27. The Morgan fingerprint density at radius 2 is 2.53 bits per heavy atom. The third-order valence-electron chi connectivity index (χ3n) is 3.27. The first-order chi connectivity index (χ1) is 8.27. The molecular formula is C13H19N3O. The minimum absolute atomic E-state index is 0.126. The van der Waals surface area contributed by atoms with Crippen LogP contribution in [0.3, 0.4) is 0 Å². The van der Waals surface area contributed by atoms with Gasteiger partial charge < -0.3 is 10.6 Å². The number of hydrogen-bond acceptors (Lipinski definition) is 3. The van der Waals surface area contributed by atoms with Crippen molar-refractivity contribution in [3.63, 3.8) is 0 Å². The molecule has 1 aliphatic heterocycles. The zero-order chi connectivity index (χ0) is 12.1. The molecule has 4 heteroatoms. The number of pyridine rings is 1. The van der Waals surface area contributed by atoms with Crippen molar-refractivity contribution in [3.8, 4) is 0 Å². The molecule has 17 heavy (non-hydrogen) atoms. The van der Waals surface area contributed by atoms with Crippen molar-refractivity contribution in [2.45, 2.75) is 26.3 Å². The minimum atomic E-state index is 0.126. The smallest absolute Gasteiger partial charge is 0.224 e. The topological polar surface area (TPSA) is 54.0 Å². The van der Waals surface area contributed by atoms with Crippen LogP contribution in [-0.2, 0) is 11.3 Å². The van der Waals surface area contributed by atoms with Crippen LogP contribution in [0.2, 0.25) is 0 Å². The van der Waals surface area contributed by atoms with Gasteiger partial charge in [0.15, 0.2) is 0 Å². The lowest BCUT2D eigenvalue weighted by molar-refractivity contribution is -0.125. The van der Waals surface area contributed by atoms with E-state index in [2.05, 4.69) is 15.6 Å². The van der Waals surface area contributed by atoms with Crippen molar-refractivity contribution in [1.82, 2.24) is 15.6 Å². The lowest BCUT2D eigenvalue weighted by atomic mass is 9.99. The summed E-state index contributed by atoms with van der Waals surface area (Å²) in [5.41, 5.74) is 2.26. The summed E-state index contributed by atoms with van der Waals surface area (Å²) in [5, 5.41) is 6.24. The van der Waals surface area contributed by atoms with E-state index in [1.807, 2.05) is 19.2 Å². The molecule has 1 aromatic heterocycles. The first kappa shape index (κ1) is 12.0. The van der Waals surface area contributed by atoms with E-state index in [9.17, 15) is 4.79 Å². The monoisotopic (exact) mass is 233 g/mol. The molecule has 1 atom stereocenters. The van der Waals surface area contributed by atoms with Gasteiger partial charge in [0, 0.05) is 25.5 Å². The van der Waals surface area contributed by atoms with Crippen LogP contribution in [0.15, 0.2) is 18.5 Å². The van der Waals surface area contributed by atoms with Crippen LogP contribution in [0.25, 0.3) is 0 Å². The molecule has 0 bridgehead atoms. The highest BCUT2D eigenvalue weighted by Gasteiger charge is 2.20. The Labute approximate surface area is 102 Å². The van der Waals surface area contributed by atoms with Gasteiger partial charge >= 0.3 is 0 Å². The largest absolute Gasteiger partial charge is 0.352 e. The zero-order valence-corrected chi connectivity index (χ0v) is 10.2. The number of aromatic nitrogens is 1. The number of nitrogens with zero attached hydrogens (tertiary/aromatic N) is 1. The Morgan fingerprint density at radius 1 is 1.65 bits per heavy atom. The lowest BCUT2D eigenvalue weighted by Crippen LogP contribution is -2.40. The molecule has 1 saturated heterocycles. The second-order valence-corrected chi connectivity index (χ2v) is 4.56. The molecule has 1 aromatic rings. The highest BCUT2D eigenvalue weighted by Crippen LogP contribution is 2.10. The van der Waals surface area contributed by atoms with Gasteiger partial charge in [0.1, 0.15) is 0 Å². The molecule has 1 amide bonds. The number of carbonyl (C=O) groups excluding carboxylic acids is 1. The van der Waals surface area contributed by atoms with Crippen LogP contribution < -0.4 is 10.6 Å². The molecule has 2 N–H and O–H groups in total. The van der Waals surface area contributed by atoms with Crippen molar-refractivity contribution in [3.05, 3.63) is 29.6 Å². The summed E-state index contributed by atoms with van der Waals surface area (Å²) in [5.74, 6) is 0.279. The fourth-order valence-electron chi connectivity index (χ4n) is 2.08. The van der Waals surface area contributed by atoms with E-state index < -0.39 is 0 Å². The van der Waals surface area contributed by atoms with Gasteiger partial charge in [-0.05, 0) is 43.5 Å². The van der Waals surface area contributed by atoms with Gasteiger partial charge in [-0.25, -0.2) is 0 Å². The van der Waals surface area contributed by atoms with Crippen molar-refractivity contribution >= 4 is 5.91 Å². The highest BCUT2D eigenvalue weighted by molar-refractivity contribution is 5.78. The fraction of sp³-hybridized carbons (Fsp3) is 0.538. The number of rotatable bonds is 3. The third-order valence-corrected chi connectivity index (χ3v) is 3.27. The maximum Gasteiger partial charge on any atom is 0.224 e. The van der Waals surface area contributed by atoms with Gasteiger partial charge in [-0.1, -0.05) is 0 Å². The normalized spacial score (nSPS) is 19.9. The van der Waals surface area contributed by atoms with Crippen molar-refractivity contribution in [2.75, 3.05) is 13.1 Å². The van der Waals surface area contributed by atoms with Crippen molar-refractivity contribution in [1.29, 1.82) is 0 Å². The van der Waals surface area contributed by atoms with Crippen LogP contribution >= 0.6 is 0 Å². The Kier molecular flexibility index (Phi) is 4.09. The quantitative estimate of drug-likeness (QED) is 0.819. The van der Waals surface area contributed by atoms with Gasteiger partial charge in [-0.2, -0.15) is 0 Å². The fourth-order valence-corrected chi connectivity index (χ4v) is 2.08. The van der Waals surface area contributed by atoms with E-state index in [1.54, 1.807) is 6.20 Å². The molecule has 92 valence electrons. The molecule has 0 radical (unpaired) electrons. The van der Waals surface area contributed by atoms with E-state index in [-0.39, 0.29) is 11.8 Å². The molecule has 0 spiro atoms. The predicted octanol–water partition coefficient (Wildman–Crippen LogP) is 1.01. The Hall–Kier alpha value is -1.42. The van der Waals surface area contributed by atoms with E-state index in [0.29, 0.717) is 6.54 Å². The Bertz CT molecular complexity index is 386. The molecular weight excluding hydrogens is 214 g/mol.